The lowest BCUT2D eigenvalue weighted by Crippen LogP contribution is -2.25. The van der Waals surface area contributed by atoms with Crippen LogP contribution in [-0.2, 0) is 4.74 Å². The van der Waals surface area contributed by atoms with E-state index in [0.29, 0.717) is 17.9 Å². The summed E-state index contributed by atoms with van der Waals surface area (Å²) in [6.45, 7) is 4.52. The Kier molecular flexibility index (Phi) is 4.98. The van der Waals surface area contributed by atoms with Gasteiger partial charge in [-0.25, -0.2) is 0 Å². The number of ether oxygens (including phenoxy) is 2. The largest absolute Gasteiger partial charge is 0.492 e. The summed E-state index contributed by atoms with van der Waals surface area (Å²) in [5, 5.41) is 9.02. The zero-order chi connectivity index (χ0) is 12.9. The zero-order valence-electron chi connectivity index (χ0n) is 10.3. The summed E-state index contributed by atoms with van der Waals surface area (Å²) in [7, 11) is 1.68. The van der Waals surface area contributed by atoms with Crippen molar-refractivity contribution in [1.82, 2.24) is 0 Å². The number of nitrogens with zero attached hydrogens (tertiary/aromatic N) is 1. The van der Waals surface area contributed by atoms with Gasteiger partial charge in [0.15, 0.2) is 0 Å². The molecule has 3 nitrogen and oxygen atoms in total. The Morgan fingerprint density at radius 2 is 2.12 bits per heavy atom. The summed E-state index contributed by atoms with van der Waals surface area (Å²) in [4.78, 5) is 0. The minimum Gasteiger partial charge on any atom is -0.492 e. The van der Waals surface area contributed by atoms with E-state index in [2.05, 4.69) is 22.0 Å². The van der Waals surface area contributed by atoms with Gasteiger partial charge in [0.1, 0.15) is 17.4 Å². The second-order valence-electron chi connectivity index (χ2n) is 4.29. The van der Waals surface area contributed by atoms with Crippen LogP contribution >= 0.6 is 15.9 Å². The van der Waals surface area contributed by atoms with Crippen molar-refractivity contribution in [2.75, 3.05) is 13.7 Å². The summed E-state index contributed by atoms with van der Waals surface area (Å²) in [5.41, 5.74) is 0.321. The highest BCUT2D eigenvalue weighted by Gasteiger charge is 2.16. The number of benzene rings is 1. The summed E-state index contributed by atoms with van der Waals surface area (Å²) < 4.78 is 11.7. The standard InChI is InChI=1S/C13H16BrNO2/c1-13(2,16-3)7-8-17-12-6-4-5-11(14)10(12)9-15/h4-6H,7-8H2,1-3H3. The molecule has 0 atom stereocenters. The number of hydrogen-bond donors (Lipinski definition) is 0. The van der Waals surface area contributed by atoms with Gasteiger partial charge >= 0.3 is 0 Å². The monoisotopic (exact) mass is 297 g/mol. The maximum atomic E-state index is 9.02. The third-order valence-electron chi connectivity index (χ3n) is 2.60. The van der Waals surface area contributed by atoms with Crippen molar-refractivity contribution in [1.29, 1.82) is 5.26 Å². The average Bonchev–Trinajstić information content (AvgIpc) is 2.29. The Bertz CT molecular complexity index is 424. The predicted molar refractivity (Wildman–Crippen MR) is 70.1 cm³/mol. The fourth-order valence-corrected chi connectivity index (χ4v) is 1.68. The Labute approximate surface area is 110 Å². The van der Waals surface area contributed by atoms with Crippen LogP contribution in [-0.4, -0.2) is 19.3 Å². The number of rotatable bonds is 5. The van der Waals surface area contributed by atoms with Crippen molar-refractivity contribution >= 4 is 15.9 Å². The van der Waals surface area contributed by atoms with Gasteiger partial charge in [-0.2, -0.15) is 5.26 Å². The van der Waals surface area contributed by atoms with Crippen LogP contribution in [0.3, 0.4) is 0 Å². The maximum absolute atomic E-state index is 9.02. The third-order valence-corrected chi connectivity index (χ3v) is 3.26. The molecular weight excluding hydrogens is 282 g/mol. The highest BCUT2D eigenvalue weighted by Crippen LogP contribution is 2.26. The topological polar surface area (TPSA) is 42.2 Å². The van der Waals surface area contributed by atoms with E-state index in [1.54, 1.807) is 13.2 Å². The molecule has 0 N–H and O–H groups in total. The van der Waals surface area contributed by atoms with Gasteiger partial charge in [-0.1, -0.05) is 6.07 Å². The van der Waals surface area contributed by atoms with E-state index in [1.165, 1.54) is 0 Å². The normalized spacial score (nSPS) is 11.0. The number of nitriles is 1. The van der Waals surface area contributed by atoms with Crippen molar-refractivity contribution in [3.05, 3.63) is 28.2 Å². The first-order valence-corrected chi connectivity index (χ1v) is 6.16. The molecule has 0 saturated heterocycles. The Balaban J connectivity index is 2.65. The second-order valence-corrected chi connectivity index (χ2v) is 5.14. The molecule has 0 unspecified atom stereocenters. The molecule has 0 radical (unpaired) electrons. The molecule has 1 aromatic carbocycles. The van der Waals surface area contributed by atoms with Crippen molar-refractivity contribution in [3.8, 4) is 11.8 Å². The van der Waals surface area contributed by atoms with Gasteiger partial charge in [-0.05, 0) is 41.9 Å². The maximum Gasteiger partial charge on any atom is 0.138 e. The third kappa shape index (κ3) is 4.03. The SMILES string of the molecule is COC(C)(C)CCOc1cccc(Br)c1C#N. The van der Waals surface area contributed by atoms with Gasteiger partial charge in [0.2, 0.25) is 0 Å². The van der Waals surface area contributed by atoms with Crippen LogP contribution < -0.4 is 4.74 Å². The van der Waals surface area contributed by atoms with Crippen molar-refractivity contribution in [3.63, 3.8) is 0 Å². The van der Waals surface area contributed by atoms with E-state index in [-0.39, 0.29) is 5.60 Å². The van der Waals surface area contributed by atoms with Crippen LogP contribution in [0.2, 0.25) is 0 Å². The van der Waals surface area contributed by atoms with Crippen molar-refractivity contribution in [2.45, 2.75) is 25.9 Å². The highest BCUT2D eigenvalue weighted by atomic mass is 79.9. The Morgan fingerprint density at radius 3 is 2.71 bits per heavy atom. The van der Waals surface area contributed by atoms with E-state index in [4.69, 9.17) is 14.7 Å². The molecule has 0 aliphatic heterocycles. The van der Waals surface area contributed by atoms with Gasteiger partial charge in [0, 0.05) is 18.0 Å². The van der Waals surface area contributed by atoms with Gasteiger partial charge in [-0.15, -0.1) is 0 Å². The molecule has 92 valence electrons. The molecule has 1 aromatic rings. The first kappa shape index (κ1) is 14.0. The molecule has 0 spiro atoms. The number of methoxy groups -OCH3 is 1. The molecule has 0 aliphatic carbocycles. The fourth-order valence-electron chi connectivity index (χ4n) is 1.24. The van der Waals surface area contributed by atoms with Crippen LogP contribution in [0.4, 0.5) is 0 Å². The lowest BCUT2D eigenvalue weighted by atomic mass is 10.1. The van der Waals surface area contributed by atoms with E-state index < -0.39 is 0 Å². The van der Waals surface area contributed by atoms with E-state index >= 15 is 0 Å². The first-order chi connectivity index (χ1) is 8.00. The molecule has 0 aliphatic rings. The number of hydrogen-bond acceptors (Lipinski definition) is 3. The minimum absolute atomic E-state index is 0.210. The van der Waals surface area contributed by atoms with Gasteiger partial charge < -0.3 is 9.47 Å². The smallest absolute Gasteiger partial charge is 0.138 e. The highest BCUT2D eigenvalue weighted by molar-refractivity contribution is 9.10. The summed E-state index contributed by atoms with van der Waals surface area (Å²) >= 11 is 3.33. The molecule has 4 heteroatoms. The molecule has 0 fully saturated rings. The lowest BCUT2D eigenvalue weighted by molar-refractivity contribution is 0.00543. The molecule has 0 saturated carbocycles. The molecule has 17 heavy (non-hydrogen) atoms. The summed E-state index contributed by atoms with van der Waals surface area (Å²) in [6, 6.07) is 7.59. The summed E-state index contributed by atoms with van der Waals surface area (Å²) in [6.07, 6.45) is 0.765. The molecule has 1 rings (SSSR count). The second kappa shape index (κ2) is 6.04. The van der Waals surface area contributed by atoms with Gasteiger partial charge in [-0.3, -0.25) is 0 Å². The van der Waals surface area contributed by atoms with Crippen LogP contribution in [0.5, 0.6) is 5.75 Å². The molecule has 0 heterocycles. The van der Waals surface area contributed by atoms with Crippen LogP contribution in [0.1, 0.15) is 25.8 Å². The lowest BCUT2D eigenvalue weighted by Gasteiger charge is -2.22. The average molecular weight is 298 g/mol. The first-order valence-electron chi connectivity index (χ1n) is 5.37. The Hall–Kier alpha value is -1.05. The zero-order valence-corrected chi connectivity index (χ0v) is 11.9. The van der Waals surface area contributed by atoms with Crippen molar-refractivity contribution < 1.29 is 9.47 Å². The van der Waals surface area contributed by atoms with Crippen LogP contribution in [0.25, 0.3) is 0 Å². The van der Waals surface area contributed by atoms with Crippen LogP contribution in [0, 0.1) is 11.3 Å². The molecule has 0 bridgehead atoms. The molecule has 0 aromatic heterocycles. The van der Waals surface area contributed by atoms with Crippen LogP contribution in [0.15, 0.2) is 22.7 Å². The predicted octanol–water partition coefficient (Wildman–Crippen LogP) is 3.51. The quantitative estimate of drug-likeness (QED) is 0.835. The molecule has 0 amide bonds. The summed E-state index contributed by atoms with van der Waals surface area (Å²) in [5.74, 6) is 0.605. The van der Waals surface area contributed by atoms with E-state index in [9.17, 15) is 0 Å². The van der Waals surface area contributed by atoms with E-state index in [0.717, 1.165) is 10.9 Å². The number of halogens is 1. The van der Waals surface area contributed by atoms with Gasteiger partial charge in [0.05, 0.1) is 12.2 Å². The van der Waals surface area contributed by atoms with Crippen molar-refractivity contribution in [2.24, 2.45) is 0 Å². The Morgan fingerprint density at radius 1 is 1.41 bits per heavy atom. The fraction of sp³-hybridized carbons (Fsp3) is 0.462. The minimum atomic E-state index is -0.210. The van der Waals surface area contributed by atoms with Gasteiger partial charge in [0.25, 0.3) is 0 Å². The molecular formula is C13H16BrNO2. The van der Waals surface area contributed by atoms with E-state index in [1.807, 2.05) is 26.0 Å².